The first-order valence-corrected chi connectivity index (χ1v) is 6.84. The van der Waals surface area contributed by atoms with Crippen LogP contribution in [0.25, 0.3) is 5.95 Å². The summed E-state index contributed by atoms with van der Waals surface area (Å²) in [6, 6.07) is -0.102. The Balaban J connectivity index is 2.37. The van der Waals surface area contributed by atoms with Gasteiger partial charge in [0.25, 0.3) is 5.95 Å². The molecule has 2 rings (SSSR count). The summed E-state index contributed by atoms with van der Waals surface area (Å²) in [5.74, 6) is 1.33. The second-order valence-electron chi connectivity index (χ2n) is 4.67. The van der Waals surface area contributed by atoms with Gasteiger partial charge in [0, 0.05) is 13.6 Å². The average molecular weight is 292 g/mol. The largest absolute Gasteiger partial charge is 0.394 e. The zero-order chi connectivity index (χ0) is 15.2. The van der Waals surface area contributed by atoms with Crippen molar-refractivity contribution in [2.24, 2.45) is 0 Å². The van der Waals surface area contributed by atoms with E-state index in [1.54, 1.807) is 4.90 Å². The lowest BCUT2D eigenvalue weighted by Crippen LogP contribution is -2.33. The summed E-state index contributed by atoms with van der Waals surface area (Å²) in [5, 5.41) is 16.4. The molecule has 1 unspecified atom stereocenters. The Morgan fingerprint density at radius 1 is 1.38 bits per heavy atom. The molecule has 9 nitrogen and oxygen atoms in total. The van der Waals surface area contributed by atoms with E-state index in [0.29, 0.717) is 17.8 Å². The summed E-state index contributed by atoms with van der Waals surface area (Å²) in [7, 11) is 1.82. The molecule has 114 valence electrons. The third-order valence-electron chi connectivity index (χ3n) is 3.01. The first-order valence-electron chi connectivity index (χ1n) is 6.84. The fraction of sp³-hybridized carbons (Fsp3) is 0.583. The molecule has 0 fully saturated rings. The first kappa shape index (κ1) is 15.1. The lowest BCUT2D eigenvalue weighted by atomic mass is 10.3. The highest BCUT2D eigenvalue weighted by Crippen LogP contribution is 2.13. The number of hydrogen-bond acceptors (Lipinski definition) is 8. The summed E-state index contributed by atoms with van der Waals surface area (Å²) in [5.41, 5.74) is 0. The second-order valence-corrected chi connectivity index (χ2v) is 4.67. The van der Waals surface area contributed by atoms with Gasteiger partial charge in [-0.2, -0.15) is 24.7 Å². The monoisotopic (exact) mass is 292 g/mol. The standard InChI is InChI=1S/C12H20N8O/c1-4-5-14-10-16-11(19(3)9(2)6-21)18-12(17-10)20-8-13-7-15-20/h7-9,21H,4-6H2,1-3H3,(H,14,16,17,18). The molecule has 0 aliphatic rings. The number of likely N-dealkylation sites (N-methyl/N-ethyl adjacent to an activating group) is 1. The van der Waals surface area contributed by atoms with Crippen LogP contribution in [0, 0.1) is 0 Å². The summed E-state index contributed by atoms with van der Waals surface area (Å²) < 4.78 is 1.47. The van der Waals surface area contributed by atoms with Crippen LogP contribution in [-0.4, -0.2) is 61.1 Å². The number of hydrogen-bond donors (Lipinski definition) is 2. The number of aliphatic hydroxyl groups is 1. The van der Waals surface area contributed by atoms with Crippen molar-refractivity contribution in [2.45, 2.75) is 26.3 Å². The van der Waals surface area contributed by atoms with Gasteiger partial charge in [-0.25, -0.2) is 4.98 Å². The van der Waals surface area contributed by atoms with Crippen LogP contribution in [0.4, 0.5) is 11.9 Å². The van der Waals surface area contributed by atoms with E-state index in [0.717, 1.165) is 13.0 Å². The minimum atomic E-state index is -0.102. The van der Waals surface area contributed by atoms with Gasteiger partial charge in [0.2, 0.25) is 11.9 Å². The Morgan fingerprint density at radius 2 is 2.19 bits per heavy atom. The van der Waals surface area contributed by atoms with Crippen LogP contribution < -0.4 is 10.2 Å². The van der Waals surface area contributed by atoms with Crippen molar-refractivity contribution in [3.8, 4) is 5.95 Å². The molecule has 1 atom stereocenters. The minimum absolute atomic E-state index is 0.0125. The van der Waals surface area contributed by atoms with Gasteiger partial charge in [0.05, 0.1) is 12.6 Å². The van der Waals surface area contributed by atoms with Crippen molar-refractivity contribution in [3.63, 3.8) is 0 Å². The van der Waals surface area contributed by atoms with Crippen LogP contribution in [0.2, 0.25) is 0 Å². The Kier molecular flexibility index (Phi) is 4.99. The number of anilines is 2. The lowest BCUT2D eigenvalue weighted by molar-refractivity contribution is 0.269. The van der Waals surface area contributed by atoms with Crippen LogP contribution >= 0.6 is 0 Å². The minimum Gasteiger partial charge on any atom is -0.394 e. The average Bonchev–Trinajstić information content (AvgIpc) is 3.05. The molecule has 0 saturated heterocycles. The third-order valence-corrected chi connectivity index (χ3v) is 3.01. The Labute approximate surface area is 123 Å². The van der Waals surface area contributed by atoms with Crippen LogP contribution in [0.3, 0.4) is 0 Å². The summed E-state index contributed by atoms with van der Waals surface area (Å²) in [6.07, 6.45) is 3.91. The van der Waals surface area contributed by atoms with Gasteiger partial charge < -0.3 is 15.3 Å². The number of nitrogens with zero attached hydrogens (tertiary/aromatic N) is 7. The number of aromatic nitrogens is 6. The number of nitrogens with one attached hydrogen (secondary N) is 1. The first-order chi connectivity index (χ1) is 10.2. The molecule has 0 bridgehead atoms. The van der Waals surface area contributed by atoms with Crippen molar-refractivity contribution >= 4 is 11.9 Å². The van der Waals surface area contributed by atoms with Gasteiger partial charge in [0.15, 0.2) is 0 Å². The summed E-state index contributed by atoms with van der Waals surface area (Å²) in [4.78, 5) is 18.7. The van der Waals surface area contributed by atoms with E-state index in [9.17, 15) is 5.11 Å². The Bertz CT molecular complexity index is 558. The molecule has 21 heavy (non-hydrogen) atoms. The smallest absolute Gasteiger partial charge is 0.258 e. The van der Waals surface area contributed by atoms with Gasteiger partial charge in [-0.05, 0) is 13.3 Å². The van der Waals surface area contributed by atoms with Crippen molar-refractivity contribution in [1.82, 2.24) is 29.7 Å². The fourth-order valence-electron chi connectivity index (χ4n) is 1.56. The maximum absolute atomic E-state index is 9.27. The summed E-state index contributed by atoms with van der Waals surface area (Å²) >= 11 is 0. The normalized spacial score (nSPS) is 12.2. The van der Waals surface area contributed by atoms with Crippen LogP contribution in [0.15, 0.2) is 12.7 Å². The Hall–Kier alpha value is -2.29. The molecule has 9 heteroatoms. The molecular formula is C12H20N8O. The molecule has 2 N–H and O–H groups in total. The van der Waals surface area contributed by atoms with Crippen molar-refractivity contribution in [2.75, 3.05) is 30.4 Å². The van der Waals surface area contributed by atoms with E-state index in [1.165, 1.54) is 17.3 Å². The zero-order valence-electron chi connectivity index (χ0n) is 12.4. The van der Waals surface area contributed by atoms with Crippen LogP contribution in [0.5, 0.6) is 0 Å². The molecular weight excluding hydrogens is 272 g/mol. The maximum atomic E-state index is 9.27. The van der Waals surface area contributed by atoms with Gasteiger partial charge in [-0.3, -0.25) is 0 Å². The summed E-state index contributed by atoms with van der Waals surface area (Å²) in [6.45, 7) is 4.73. The van der Waals surface area contributed by atoms with Gasteiger partial charge >= 0.3 is 0 Å². The fourth-order valence-corrected chi connectivity index (χ4v) is 1.56. The Morgan fingerprint density at radius 3 is 2.81 bits per heavy atom. The van der Waals surface area contributed by atoms with Crippen LogP contribution in [0.1, 0.15) is 20.3 Å². The quantitative estimate of drug-likeness (QED) is 0.740. The van der Waals surface area contributed by atoms with Gasteiger partial charge in [-0.1, -0.05) is 6.92 Å². The molecule has 0 amide bonds. The third kappa shape index (κ3) is 3.63. The lowest BCUT2D eigenvalue weighted by Gasteiger charge is -2.23. The second kappa shape index (κ2) is 6.93. The van der Waals surface area contributed by atoms with E-state index in [1.807, 2.05) is 14.0 Å². The van der Waals surface area contributed by atoms with E-state index in [4.69, 9.17) is 0 Å². The predicted molar refractivity (Wildman–Crippen MR) is 78.5 cm³/mol. The predicted octanol–water partition coefficient (Wildman–Crippen LogP) is 0.0912. The molecule has 0 radical (unpaired) electrons. The van der Waals surface area contributed by atoms with E-state index < -0.39 is 0 Å². The van der Waals surface area contributed by atoms with Crippen molar-refractivity contribution in [1.29, 1.82) is 0 Å². The molecule has 2 heterocycles. The number of aliphatic hydroxyl groups excluding tert-OH is 1. The van der Waals surface area contributed by atoms with Gasteiger partial charge in [0.1, 0.15) is 12.7 Å². The topological polar surface area (TPSA) is 105 Å². The zero-order valence-corrected chi connectivity index (χ0v) is 12.4. The maximum Gasteiger partial charge on any atom is 0.258 e. The molecule has 0 aliphatic heterocycles. The van der Waals surface area contributed by atoms with E-state index >= 15 is 0 Å². The highest BCUT2D eigenvalue weighted by molar-refractivity contribution is 5.40. The van der Waals surface area contributed by atoms with E-state index in [-0.39, 0.29) is 12.6 Å². The molecule has 0 spiro atoms. The highest BCUT2D eigenvalue weighted by atomic mass is 16.3. The molecule has 0 aliphatic carbocycles. The molecule has 0 aromatic carbocycles. The number of rotatable bonds is 7. The van der Waals surface area contributed by atoms with Crippen molar-refractivity contribution in [3.05, 3.63) is 12.7 Å². The SMILES string of the molecule is CCCNc1nc(N(C)C(C)CO)nc(-n2cncn2)n1. The van der Waals surface area contributed by atoms with Crippen LogP contribution in [-0.2, 0) is 0 Å². The van der Waals surface area contributed by atoms with E-state index in [2.05, 4.69) is 37.3 Å². The molecule has 2 aromatic rings. The molecule has 2 aromatic heterocycles. The molecule has 0 saturated carbocycles. The van der Waals surface area contributed by atoms with Gasteiger partial charge in [-0.15, -0.1) is 0 Å². The highest BCUT2D eigenvalue weighted by Gasteiger charge is 2.15. The van der Waals surface area contributed by atoms with Crippen molar-refractivity contribution < 1.29 is 5.11 Å².